The summed E-state index contributed by atoms with van der Waals surface area (Å²) in [7, 11) is 0. The predicted molar refractivity (Wildman–Crippen MR) is 74.6 cm³/mol. The summed E-state index contributed by atoms with van der Waals surface area (Å²) in [5, 5.41) is 3.79. The number of carbonyl (C=O) groups excluding carboxylic acids is 1. The molecule has 0 saturated carbocycles. The van der Waals surface area contributed by atoms with E-state index in [4.69, 9.17) is 0 Å². The number of hydrogen-bond acceptors (Lipinski definition) is 2. The van der Waals surface area contributed by atoms with Crippen molar-refractivity contribution in [3.63, 3.8) is 0 Å². The maximum Gasteiger partial charge on any atom is 0.195 e. The lowest BCUT2D eigenvalue weighted by Gasteiger charge is -1.99. The van der Waals surface area contributed by atoms with Crippen LogP contribution < -0.4 is 0 Å². The van der Waals surface area contributed by atoms with Gasteiger partial charge < -0.3 is 0 Å². The quantitative estimate of drug-likeness (QED) is 0.548. The second-order valence-corrected chi connectivity index (χ2v) is 5.82. The summed E-state index contributed by atoms with van der Waals surface area (Å²) in [5.41, 5.74) is 1.48. The van der Waals surface area contributed by atoms with Gasteiger partial charge in [-0.25, -0.2) is 0 Å². The molecule has 0 N–H and O–H groups in total. The fourth-order valence-electron chi connectivity index (χ4n) is 1.23. The predicted octanol–water partition coefficient (Wildman–Crippen LogP) is 4.35. The Hall–Kier alpha value is -0.200. The molecule has 1 aromatic carbocycles. The van der Waals surface area contributed by atoms with Gasteiger partial charge in [0, 0.05) is 29.9 Å². The third-order valence-corrected chi connectivity index (χ3v) is 4.32. The minimum absolute atomic E-state index is 0.0710. The lowest BCUT2D eigenvalue weighted by molar-refractivity contribution is 0.103. The highest BCUT2D eigenvalue weighted by Crippen LogP contribution is 2.24. The SMILES string of the molecule is O=C(c1cccc(I)c1)c1cscc1Br. The average Bonchev–Trinajstić information content (AvgIpc) is 2.63. The topological polar surface area (TPSA) is 17.1 Å². The van der Waals surface area contributed by atoms with Gasteiger partial charge in [0.2, 0.25) is 0 Å². The van der Waals surface area contributed by atoms with Crippen LogP contribution in [-0.2, 0) is 0 Å². The van der Waals surface area contributed by atoms with Crippen molar-refractivity contribution in [3.8, 4) is 0 Å². The van der Waals surface area contributed by atoms with Gasteiger partial charge in [-0.15, -0.1) is 0 Å². The Labute approximate surface area is 114 Å². The van der Waals surface area contributed by atoms with Gasteiger partial charge in [-0.3, -0.25) is 4.79 Å². The molecule has 0 spiro atoms. The van der Waals surface area contributed by atoms with Crippen molar-refractivity contribution in [2.75, 3.05) is 0 Å². The van der Waals surface area contributed by atoms with Crippen molar-refractivity contribution in [1.82, 2.24) is 0 Å². The van der Waals surface area contributed by atoms with Crippen LogP contribution in [0.4, 0.5) is 0 Å². The second kappa shape index (κ2) is 4.76. The Morgan fingerprint density at radius 1 is 1.33 bits per heavy atom. The number of thiophene rings is 1. The van der Waals surface area contributed by atoms with E-state index in [0.29, 0.717) is 0 Å². The first-order valence-electron chi connectivity index (χ1n) is 4.20. The van der Waals surface area contributed by atoms with Crippen LogP contribution in [0.15, 0.2) is 39.5 Å². The van der Waals surface area contributed by atoms with E-state index in [2.05, 4.69) is 38.5 Å². The summed E-state index contributed by atoms with van der Waals surface area (Å²) >= 11 is 7.10. The van der Waals surface area contributed by atoms with E-state index in [9.17, 15) is 4.79 Å². The highest BCUT2D eigenvalue weighted by atomic mass is 127. The number of hydrogen-bond donors (Lipinski definition) is 0. The van der Waals surface area contributed by atoms with Crippen molar-refractivity contribution in [2.24, 2.45) is 0 Å². The standard InChI is InChI=1S/C11H6BrIOS/c12-10-6-15-5-9(10)11(14)7-2-1-3-8(13)4-7/h1-6H. The van der Waals surface area contributed by atoms with Gasteiger partial charge in [0.05, 0.1) is 0 Å². The van der Waals surface area contributed by atoms with E-state index >= 15 is 0 Å². The zero-order chi connectivity index (χ0) is 10.8. The van der Waals surface area contributed by atoms with Crippen LogP contribution in [-0.4, -0.2) is 5.78 Å². The molecule has 0 fully saturated rings. The van der Waals surface area contributed by atoms with Gasteiger partial charge in [-0.2, -0.15) is 11.3 Å². The zero-order valence-electron chi connectivity index (χ0n) is 7.54. The van der Waals surface area contributed by atoms with Gasteiger partial charge >= 0.3 is 0 Å². The molecule has 1 aromatic heterocycles. The second-order valence-electron chi connectivity index (χ2n) is 2.97. The summed E-state index contributed by atoms with van der Waals surface area (Å²) in [6.45, 7) is 0. The van der Waals surface area contributed by atoms with E-state index < -0.39 is 0 Å². The third kappa shape index (κ3) is 2.49. The Balaban J connectivity index is 2.41. The lowest BCUT2D eigenvalue weighted by atomic mass is 10.1. The minimum atomic E-state index is 0.0710. The van der Waals surface area contributed by atoms with Crippen molar-refractivity contribution in [2.45, 2.75) is 0 Å². The van der Waals surface area contributed by atoms with Gasteiger partial charge in [-0.1, -0.05) is 12.1 Å². The van der Waals surface area contributed by atoms with E-state index in [0.717, 1.165) is 19.2 Å². The number of benzene rings is 1. The molecule has 2 rings (SSSR count). The van der Waals surface area contributed by atoms with Crippen LogP contribution in [0.25, 0.3) is 0 Å². The van der Waals surface area contributed by atoms with Gasteiger partial charge in [-0.05, 0) is 50.7 Å². The molecule has 0 unspecified atom stereocenters. The van der Waals surface area contributed by atoms with Crippen LogP contribution in [0.1, 0.15) is 15.9 Å². The Morgan fingerprint density at radius 3 is 2.73 bits per heavy atom. The average molecular weight is 393 g/mol. The van der Waals surface area contributed by atoms with Crippen LogP contribution in [0.2, 0.25) is 0 Å². The van der Waals surface area contributed by atoms with E-state index in [-0.39, 0.29) is 5.78 Å². The largest absolute Gasteiger partial charge is 0.289 e. The molecule has 15 heavy (non-hydrogen) atoms. The molecule has 0 amide bonds. The highest BCUT2D eigenvalue weighted by molar-refractivity contribution is 14.1. The lowest BCUT2D eigenvalue weighted by Crippen LogP contribution is -2.00. The molecule has 0 atom stereocenters. The number of rotatable bonds is 2. The van der Waals surface area contributed by atoms with Crippen molar-refractivity contribution < 1.29 is 4.79 Å². The zero-order valence-corrected chi connectivity index (χ0v) is 12.1. The van der Waals surface area contributed by atoms with Crippen molar-refractivity contribution >= 4 is 55.6 Å². The number of carbonyl (C=O) groups is 1. The van der Waals surface area contributed by atoms with Gasteiger partial charge in [0.25, 0.3) is 0 Å². The van der Waals surface area contributed by atoms with Gasteiger partial charge in [0.15, 0.2) is 5.78 Å². The molecular formula is C11H6BrIOS. The third-order valence-electron chi connectivity index (χ3n) is 1.95. The summed E-state index contributed by atoms with van der Waals surface area (Å²) in [6.07, 6.45) is 0. The summed E-state index contributed by atoms with van der Waals surface area (Å²) in [5.74, 6) is 0.0710. The van der Waals surface area contributed by atoms with Crippen LogP contribution in [0.5, 0.6) is 0 Å². The molecule has 2 aromatic rings. The molecule has 0 bridgehead atoms. The summed E-state index contributed by atoms with van der Waals surface area (Å²) < 4.78 is 1.95. The molecule has 0 aliphatic heterocycles. The molecule has 0 aliphatic carbocycles. The van der Waals surface area contributed by atoms with Gasteiger partial charge in [0.1, 0.15) is 0 Å². The van der Waals surface area contributed by atoms with E-state index in [1.165, 1.54) is 11.3 Å². The van der Waals surface area contributed by atoms with E-state index in [1.54, 1.807) is 0 Å². The first-order chi connectivity index (χ1) is 7.18. The smallest absolute Gasteiger partial charge is 0.195 e. The Morgan fingerprint density at radius 2 is 2.13 bits per heavy atom. The maximum absolute atomic E-state index is 12.1. The highest BCUT2D eigenvalue weighted by Gasteiger charge is 2.13. The minimum Gasteiger partial charge on any atom is -0.289 e. The van der Waals surface area contributed by atoms with Crippen LogP contribution >= 0.6 is 49.9 Å². The first-order valence-corrected chi connectivity index (χ1v) is 7.02. The van der Waals surface area contributed by atoms with Crippen LogP contribution in [0, 0.1) is 3.57 Å². The molecule has 1 nitrogen and oxygen atoms in total. The fourth-order valence-corrected chi connectivity index (χ4v) is 3.23. The number of halogens is 2. The maximum atomic E-state index is 12.1. The van der Waals surface area contributed by atoms with Crippen molar-refractivity contribution in [3.05, 3.63) is 54.2 Å². The molecule has 1 heterocycles. The Bertz CT molecular complexity index is 507. The summed E-state index contributed by atoms with van der Waals surface area (Å²) in [4.78, 5) is 12.1. The molecule has 0 radical (unpaired) electrons. The molecule has 4 heteroatoms. The number of ketones is 1. The molecular weight excluding hydrogens is 387 g/mol. The first kappa shape index (κ1) is 11.3. The Kier molecular flexibility index (Phi) is 3.58. The fraction of sp³-hybridized carbons (Fsp3) is 0. The normalized spacial score (nSPS) is 10.3. The molecule has 76 valence electrons. The van der Waals surface area contributed by atoms with E-state index in [1.807, 2.05) is 35.0 Å². The van der Waals surface area contributed by atoms with Crippen molar-refractivity contribution in [1.29, 1.82) is 0 Å². The summed E-state index contributed by atoms with van der Waals surface area (Å²) in [6, 6.07) is 7.61. The molecule has 0 aliphatic rings. The van der Waals surface area contributed by atoms with Crippen LogP contribution in [0.3, 0.4) is 0 Å². The monoisotopic (exact) mass is 392 g/mol. The molecule has 0 saturated heterocycles.